The van der Waals surface area contributed by atoms with Crippen LogP contribution in [0.2, 0.25) is 0 Å². The van der Waals surface area contributed by atoms with Crippen LogP contribution < -0.4 is 0 Å². The smallest absolute Gasteiger partial charge is 0.374 e. The first-order chi connectivity index (χ1) is 17.2. The predicted octanol–water partition coefficient (Wildman–Crippen LogP) is 7.44. The molecule has 2 aromatic carbocycles. The minimum absolute atomic E-state index is 0.0744. The van der Waals surface area contributed by atoms with E-state index >= 15 is 0 Å². The first kappa shape index (κ1) is 27.2. The lowest BCUT2D eigenvalue weighted by atomic mass is 9.87. The van der Waals surface area contributed by atoms with E-state index in [1.165, 1.54) is 19.1 Å². The van der Waals surface area contributed by atoms with Crippen LogP contribution in [-0.2, 0) is 21.9 Å². The van der Waals surface area contributed by atoms with Crippen molar-refractivity contribution in [3.63, 3.8) is 0 Å². The van der Waals surface area contributed by atoms with E-state index in [2.05, 4.69) is 4.90 Å². The number of carbonyl (C=O) groups excluding carboxylic acids is 1. The van der Waals surface area contributed by atoms with Crippen LogP contribution >= 0.6 is 0 Å². The number of ketones is 1. The highest BCUT2D eigenvalue weighted by molar-refractivity contribution is 5.97. The van der Waals surface area contributed by atoms with E-state index in [0.29, 0.717) is 50.1 Å². The molecule has 1 saturated heterocycles. The van der Waals surface area contributed by atoms with Crippen molar-refractivity contribution in [2.45, 2.75) is 63.6 Å². The van der Waals surface area contributed by atoms with Crippen molar-refractivity contribution in [2.75, 3.05) is 13.1 Å². The Morgan fingerprint density at radius 3 is 2.05 bits per heavy atom. The van der Waals surface area contributed by atoms with E-state index in [1.54, 1.807) is 19.1 Å². The highest BCUT2D eigenvalue weighted by Crippen LogP contribution is 2.40. The molecule has 0 aromatic heterocycles. The number of rotatable bonds is 5. The van der Waals surface area contributed by atoms with Gasteiger partial charge >= 0.3 is 12.4 Å². The van der Waals surface area contributed by atoms with Gasteiger partial charge in [0, 0.05) is 36.7 Å². The third-order valence-corrected chi connectivity index (χ3v) is 7.13. The third kappa shape index (κ3) is 6.00. The second-order valence-electron chi connectivity index (χ2n) is 9.54. The predicted molar refractivity (Wildman–Crippen MR) is 122 cm³/mol. The number of likely N-dealkylation sites (tertiary alicyclic amines) is 1. The number of carbonyl (C=O) groups is 1. The molecule has 1 fully saturated rings. The maximum atomic E-state index is 13.6. The highest BCUT2D eigenvalue weighted by Gasteiger charge is 2.39. The number of benzene rings is 2. The average Bonchev–Trinajstić information content (AvgIpc) is 3.16. The summed E-state index contributed by atoms with van der Waals surface area (Å²) in [6, 6.07) is 7.23. The number of halogens is 7. The Morgan fingerprint density at radius 2 is 1.54 bits per heavy atom. The van der Waals surface area contributed by atoms with Crippen molar-refractivity contribution in [3.8, 4) is 0 Å². The first-order valence-electron chi connectivity index (χ1n) is 11.9. The molecule has 1 aliphatic heterocycles. The number of hydrogen-bond acceptors (Lipinski definition) is 3. The maximum absolute atomic E-state index is 13.6. The summed E-state index contributed by atoms with van der Waals surface area (Å²) >= 11 is 0. The fourth-order valence-electron chi connectivity index (χ4n) is 5.09. The van der Waals surface area contributed by atoms with Gasteiger partial charge in [-0.2, -0.15) is 26.3 Å². The maximum Gasteiger partial charge on any atom is 0.416 e. The molecule has 1 heterocycles. The molecule has 3 atom stereocenters. The molecule has 4 rings (SSSR count). The zero-order valence-corrected chi connectivity index (χ0v) is 20.2. The van der Waals surface area contributed by atoms with Crippen molar-refractivity contribution in [2.24, 2.45) is 0 Å². The van der Waals surface area contributed by atoms with Crippen LogP contribution in [0, 0.1) is 5.82 Å². The van der Waals surface area contributed by atoms with Crippen LogP contribution in [0.5, 0.6) is 0 Å². The van der Waals surface area contributed by atoms with Crippen LogP contribution in [0.15, 0.2) is 53.7 Å². The minimum atomic E-state index is -4.96. The second kappa shape index (κ2) is 10.1. The standard InChI is InChI=1S/C27H26F7NO2/c1-15-23(7-8-24(15)36)35-10-9-25(22(14-35)17-3-5-21(28)6-4-17)37-16(2)18-11-19(26(29,30)31)13-20(12-18)27(32,33)34/h3-6,11-13,16,22,25H,7-10,14H2,1-2H3/t16-,22-,25+/m1/s1. The van der Waals surface area contributed by atoms with Crippen molar-refractivity contribution in [1.82, 2.24) is 4.90 Å². The van der Waals surface area contributed by atoms with Crippen LogP contribution in [0.3, 0.4) is 0 Å². The molecule has 2 aromatic rings. The van der Waals surface area contributed by atoms with Gasteiger partial charge in [0.25, 0.3) is 0 Å². The van der Waals surface area contributed by atoms with E-state index < -0.39 is 41.5 Å². The lowest BCUT2D eigenvalue weighted by Gasteiger charge is -2.41. The molecule has 0 radical (unpaired) electrons. The number of piperidine rings is 1. The van der Waals surface area contributed by atoms with Gasteiger partial charge in [0.2, 0.25) is 0 Å². The van der Waals surface area contributed by atoms with E-state index in [0.717, 1.165) is 11.3 Å². The van der Waals surface area contributed by atoms with Crippen LogP contribution in [0.4, 0.5) is 30.7 Å². The number of ether oxygens (including phenoxy) is 1. The van der Waals surface area contributed by atoms with Gasteiger partial charge in [-0.15, -0.1) is 0 Å². The second-order valence-corrected chi connectivity index (χ2v) is 9.54. The lowest BCUT2D eigenvalue weighted by Crippen LogP contribution is -2.42. The first-order valence-corrected chi connectivity index (χ1v) is 11.9. The van der Waals surface area contributed by atoms with Crippen LogP contribution in [0.1, 0.15) is 67.4 Å². The van der Waals surface area contributed by atoms with Crippen LogP contribution in [0.25, 0.3) is 0 Å². The molecule has 200 valence electrons. The lowest BCUT2D eigenvalue weighted by molar-refractivity contribution is -0.143. The Morgan fingerprint density at radius 1 is 0.946 bits per heavy atom. The van der Waals surface area contributed by atoms with Gasteiger partial charge in [-0.25, -0.2) is 4.39 Å². The monoisotopic (exact) mass is 529 g/mol. The summed E-state index contributed by atoms with van der Waals surface area (Å²) in [4.78, 5) is 14.1. The highest BCUT2D eigenvalue weighted by atomic mass is 19.4. The largest absolute Gasteiger partial charge is 0.416 e. The molecule has 0 bridgehead atoms. The Bertz CT molecular complexity index is 1150. The Kier molecular flexibility index (Phi) is 7.43. The number of hydrogen-bond donors (Lipinski definition) is 0. The topological polar surface area (TPSA) is 29.5 Å². The van der Waals surface area contributed by atoms with E-state index in [4.69, 9.17) is 4.74 Å². The van der Waals surface area contributed by atoms with Gasteiger partial charge in [0.15, 0.2) is 5.78 Å². The Balaban J connectivity index is 1.63. The molecule has 1 aliphatic carbocycles. The zero-order chi connectivity index (χ0) is 27.1. The quantitative estimate of drug-likeness (QED) is 0.377. The fraction of sp³-hybridized carbons (Fsp3) is 0.444. The van der Waals surface area contributed by atoms with E-state index in [9.17, 15) is 35.5 Å². The summed E-state index contributed by atoms with van der Waals surface area (Å²) in [5.74, 6) is -0.711. The van der Waals surface area contributed by atoms with Crippen molar-refractivity contribution in [1.29, 1.82) is 0 Å². The van der Waals surface area contributed by atoms with Crippen molar-refractivity contribution < 1.29 is 40.3 Å². The molecule has 0 saturated carbocycles. The molecule has 37 heavy (non-hydrogen) atoms. The van der Waals surface area contributed by atoms with Gasteiger partial charge in [-0.3, -0.25) is 4.79 Å². The summed E-state index contributed by atoms with van der Waals surface area (Å²) in [5, 5.41) is 0. The molecule has 0 unspecified atom stereocenters. The van der Waals surface area contributed by atoms with Gasteiger partial charge in [0.05, 0.1) is 23.3 Å². The molecule has 0 amide bonds. The Labute approximate surface area is 209 Å². The van der Waals surface area contributed by atoms with Crippen LogP contribution in [-0.4, -0.2) is 29.9 Å². The van der Waals surface area contributed by atoms with Crippen molar-refractivity contribution >= 4 is 5.78 Å². The summed E-state index contributed by atoms with van der Waals surface area (Å²) in [7, 11) is 0. The van der Waals surface area contributed by atoms with Gasteiger partial charge < -0.3 is 9.64 Å². The minimum Gasteiger partial charge on any atom is -0.374 e. The molecule has 0 spiro atoms. The van der Waals surface area contributed by atoms with Crippen molar-refractivity contribution in [3.05, 3.63) is 81.8 Å². The normalized spacial score (nSPS) is 22.1. The number of nitrogens with zero attached hydrogens (tertiary/aromatic N) is 1. The number of alkyl halides is 6. The molecule has 0 N–H and O–H groups in total. The Hall–Kier alpha value is -2.88. The molecular weight excluding hydrogens is 503 g/mol. The number of allylic oxidation sites excluding steroid dienone is 2. The molecule has 10 heteroatoms. The van der Waals surface area contributed by atoms with Gasteiger partial charge in [0.1, 0.15) is 5.82 Å². The SMILES string of the molecule is CC1=C(N2CC[C@H](O[C@H](C)c3cc(C(F)(F)F)cc(C(F)(F)F)c3)[C@@H](c3ccc(F)cc3)C2)CCC1=O. The molecule has 2 aliphatic rings. The third-order valence-electron chi connectivity index (χ3n) is 7.13. The van der Waals surface area contributed by atoms with E-state index in [1.807, 2.05) is 0 Å². The van der Waals surface area contributed by atoms with E-state index in [-0.39, 0.29) is 23.3 Å². The summed E-state index contributed by atoms with van der Waals surface area (Å²) < 4.78 is 99.8. The number of Topliss-reactive ketones (excluding diaryl/α,β-unsaturated/α-hetero) is 1. The fourth-order valence-corrected chi connectivity index (χ4v) is 5.09. The molecular formula is C27H26F7NO2. The summed E-state index contributed by atoms with van der Waals surface area (Å²) in [6.07, 6.45) is -10.1. The summed E-state index contributed by atoms with van der Waals surface area (Å²) in [6.45, 7) is 4.12. The van der Waals surface area contributed by atoms with Gasteiger partial charge in [-0.05, 0) is 68.1 Å². The zero-order valence-electron chi connectivity index (χ0n) is 20.2. The summed E-state index contributed by atoms with van der Waals surface area (Å²) in [5.41, 5.74) is -0.684. The average molecular weight is 529 g/mol. The van der Waals surface area contributed by atoms with Gasteiger partial charge in [-0.1, -0.05) is 12.1 Å². The molecule has 3 nitrogen and oxygen atoms in total.